The van der Waals surface area contributed by atoms with Crippen LogP contribution in [0.25, 0.3) is 0 Å². The summed E-state index contributed by atoms with van der Waals surface area (Å²) in [7, 11) is 0. The fourth-order valence-corrected chi connectivity index (χ4v) is 0.518. The Labute approximate surface area is 70.5 Å². The van der Waals surface area contributed by atoms with Crippen molar-refractivity contribution in [3.8, 4) is 0 Å². The highest BCUT2D eigenvalue weighted by Gasteiger charge is 2.16. The van der Waals surface area contributed by atoms with Gasteiger partial charge in [-0.1, -0.05) is 6.92 Å². The fraction of sp³-hybridized carbons (Fsp3) is 0.714. The van der Waals surface area contributed by atoms with Crippen molar-refractivity contribution in [3.05, 3.63) is 0 Å². The molecule has 0 heterocycles. The van der Waals surface area contributed by atoms with Crippen LogP contribution in [0, 0.1) is 0 Å². The number of aliphatic hydroxyl groups excluding tert-OH is 1. The third-order valence-electron chi connectivity index (χ3n) is 1.17. The highest BCUT2D eigenvalue weighted by Crippen LogP contribution is 1.93. The predicted octanol–water partition coefficient (Wildman–Crippen LogP) is -0.824. The maximum Gasteiger partial charge on any atom is 0.332 e. The van der Waals surface area contributed by atoms with Gasteiger partial charge in [0.2, 0.25) is 0 Å². The molecular formula is C7H13NO4. The Kier molecular flexibility index (Phi) is 5.23. The molecule has 0 saturated heterocycles. The van der Waals surface area contributed by atoms with E-state index in [2.05, 4.69) is 4.74 Å². The van der Waals surface area contributed by atoms with Gasteiger partial charge in [0.1, 0.15) is 6.04 Å². The van der Waals surface area contributed by atoms with Gasteiger partial charge in [0.15, 0.2) is 0 Å². The highest BCUT2D eigenvalue weighted by atomic mass is 16.6. The van der Waals surface area contributed by atoms with Gasteiger partial charge in [-0.25, -0.2) is 4.79 Å². The van der Waals surface area contributed by atoms with Crippen LogP contribution in [-0.4, -0.2) is 29.7 Å². The molecule has 0 fully saturated rings. The van der Waals surface area contributed by atoms with Crippen LogP contribution in [0.15, 0.2) is 0 Å². The van der Waals surface area contributed by atoms with Gasteiger partial charge in [-0.3, -0.25) is 4.79 Å². The summed E-state index contributed by atoms with van der Waals surface area (Å²) in [6, 6.07) is -1.12. The van der Waals surface area contributed by atoms with Gasteiger partial charge in [-0.05, 0) is 6.42 Å². The van der Waals surface area contributed by atoms with Crippen molar-refractivity contribution in [2.24, 2.45) is 5.73 Å². The molecule has 0 radical (unpaired) electrons. The molecule has 0 aromatic rings. The number of carbonyl (C=O) groups excluding carboxylic acids is 2. The van der Waals surface area contributed by atoms with E-state index in [0.717, 1.165) is 0 Å². The minimum Gasteiger partial charge on any atom is -0.394 e. The maximum atomic E-state index is 10.7. The van der Waals surface area contributed by atoms with Crippen molar-refractivity contribution >= 4 is 11.9 Å². The number of ether oxygens (including phenoxy) is 1. The summed E-state index contributed by atoms with van der Waals surface area (Å²) in [5.41, 5.74) is 5.08. The summed E-state index contributed by atoms with van der Waals surface area (Å²) in [5, 5.41) is 8.41. The van der Waals surface area contributed by atoms with Crippen molar-refractivity contribution in [1.82, 2.24) is 0 Å². The predicted molar refractivity (Wildman–Crippen MR) is 41.1 cm³/mol. The van der Waals surface area contributed by atoms with Crippen molar-refractivity contribution in [2.45, 2.75) is 25.8 Å². The quantitative estimate of drug-likeness (QED) is 0.430. The molecule has 0 amide bonds. The molecule has 0 unspecified atom stereocenters. The first kappa shape index (κ1) is 11.1. The Balaban J connectivity index is 3.76. The standard InChI is InChI=1S/C7H13NO4/c1-2-3-6(10)12-7(11)5(8)4-9/h5,9H,2-4,8H2,1H3/t5-/m0/s1. The third-order valence-corrected chi connectivity index (χ3v) is 1.17. The Morgan fingerprint density at radius 2 is 2.17 bits per heavy atom. The van der Waals surface area contributed by atoms with Crippen molar-refractivity contribution < 1.29 is 19.4 Å². The second-order valence-corrected chi connectivity index (χ2v) is 2.33. The van der Waals surface area contributed by atoms with Crippen LogP contribution in [0.3, 0.4) is 0 Å². The first-order chi connectivity index (χ1) is 5.61. The van der Waals surface area contributed by atoms with Gasteiger partial charge >= 0.3 is 11.9 Å². The van der Waals surface area contributed by atoms with Gasteiger partial charge in [-0.15, -0.1) is 0 Å². The lowest BCUT2D eigenvalue weighted by Crippen LogP contribution is -2.36. The van der Waals surface area contributed by atoms with Gasteiger partial charge in [0.25, 0.3) is 0 Å². The number of hydrogen-bond donors (Lipinski definition) is 2. The molecule has 0 rings (SSSR count). The largest absolute Gasteiger partial charge is 0.394 e. The number of esters is 2. The molecule has 0 spiro atoms. The summed E-state index contributed by atoms with van der Waals surface area (Å²) in [6.45, 7) is 1.27. The molecule has 12 heavy (non-hydrogen) atoms. The molecule has 0 aromatic heterocycles. The SMILES string of the molecule is CCCC(=O)OC(=O)[C@@H](N)CO. The number of aliphatic hydroxyl groups is 1. The average molecular weight is 175 g/mol. The molecule has 0 aliphatic heterocycles. The van der Waals surface area contributed by atoms with Crippen LogP contribution < -0.4 is 5.73 Å². The summed E-state index contributed by atoms with van der Waals surface area (Å²) in [4.78, 5) is 21.4. The van der Waals surface area contributed by atoms with E-state index in [1.54, 1.807) is 6.92 Å². The second-order valence-electron chi connectivity index (χ2n) is 2.33. The van der Waals surface area contributed by atoms with E-state index in [1.165, 1.54) is 0 Å². The van der Waals surface area contributed by atoms with E-state index in [4.69, 9.17) is 10.8 Å². The zero-order valence-electron chi connectivity index (χ0n) is 6.95. The van der Waals surface area contributed by atoms with Gasteiger partial charge in [0.05, 0.1) is 6.61 Å². The Morgan fingerprint density at radius 1 is 1.58 bits per heavy atom. The van der Waals surface area contributed by atoms with Crippen LogP contribution in [0.1, 0.15) is 19.8 Å². The molecule has 3 N–H and O–H groups in total. The Hall–Kier alpha value is -0.940. The van der Waals surface area contributed by atoms with Crippen molar-refractivity contribution in [1.29, 1.82) is 0 Å². The molecule has 5 nitrogen and oxygen atoms in total. The molecule has 5 heteroatoms. The molecule has 70 valence electrons. The Bertz CT molecular complexity index is 169. The maximum absolute atomic E-state index is 10.7. The van der Waals surface area contributed by atoms with Crippen LogP contribution in [0.4, 0.5) is 0 Å². The van der Waals surface area contributed by atoms with Crippen LogP contribution in [0.5, 0.6) is 0 Å². The smallest absolute Gasteiger partial charge is 0.332 e. The molecule has 0 bridgehead atoms. The van der Waals surface area contributed by atoms with Crippen LogP contribution >= 0.6 is 0 Å². The zero-order valence-corrected chi connectivity index (χ0v) is 6.95. The van der Waals surface area contributed by atoms with E-state index in [1.807, 2.05) is 0 Å². The lowest BCUT2D eigenvalue weighted by Gasteiger charge is -2.05. The third kappa shape index (κ3) is 4.05. The van der Waals surface area contributed by atoms with E-state index in [9.17, 15) is 9.59 Å². The van der Waals surface area contributed by atoms with Crippen LogP contribution in [0.2, 0.25) is 0 Å². The number of carbonyl (C=O) groups is 2. The molecular weight excluding hydrogens is 162 g/mol. The molecule has 0 saturated carbocycles. The van der Waals surface area contributed by atoms with E-state index >= 15 is 0 Å². The topological polar surface area (TPSA) is 89.6 Å². The van der Waals surface area contributed by atoms with Gasteiger partial charge in [-0.2, -0.15) is 0 Å². The minimum absolute atomic E-state index is 0.184. The summed E-state index contributed by atoms with van der Waals surface area (Å²) >= 11 is 0. The van der Waals surface area contributed by atoms with Crippen LogP contribution in [-0.2, 0) is 14.3 Å². The molecule has 1 atom stereocenters. The summed E-state index contributed by atoms with van der Waals surface area (Å²) in [6.07, 6.45) is 0.796. The summed E-state index contributed by atoms with van der Waals surface area (Å²) < 4.78 is 4.28. The Morgan fingerprint density at radius 3 is 2.58 bits per heavy atom. The fourth-order valence-electron chi connectivity index (χ4n) is 0.518. The zero-order chi connectivity index (χ0) is 9.56. The molecule has 0 aromatic carbocycles. The van der Waals surface area contributed by atoms with Gasteiger partial charge in [0, 0.05) is 6.42 Å². The first-order valence-corrected chi connectivity index (χ1v) is 3.72. The van der Waals surface area contributed by atoms with Crippen molar-refractivity contribution in [3.63, 3.8) is 0 Å². The van der Waals surface area contributed by atoms with E-state index in [-0.39, 0.29) is 6.42 Å². The average Bonchev–Trinajstić information content (AvgIpc) is 2.03. The van der Waals surface area contributed by atoms with Crippen molar-refractivity contribution in [2.75, 3.05) is 6.61 Å². The molecule has 0 aliphatic rings. The normalized spacial score (nSPS) is 12.2. The number of rotatable bonds is 4. The number of nitrogens with two attached hydrogens (primary N) is 1. The molecule has 0 aliphatic carbocycles. The second kappa shape index (κ2) is 5.68. The van der Waals surface area contributed by atoms with E-state index in [0.29, 0.717) is 6.42 Å². The lowest BCUT2D eigenvalue weighted by atomic mass is 10.3. The van der Waals surface area contributed by atoms with Gasteiger partial charge < -0.3 is 15.6 Å². The lowest BCUT2D eigenvalue weighted by molar-refractivity contribution is -0.161. The van der Waals surface area contributed by atoms with E-state index < -0.39 is 24.6 Å². The minimum atomic E-state index is -1.12. The number of hydrogen-bond acceptors (Lipinski definition) is 5. The monoisotopic (exact) mass is 175 g/mol. The summed E-state index contributed by atoms with van der Waals surface area (Å²) in [5.74, 6) is -1.48. The first-order valence-electron chi connectivity index (χ1n) is 3.72. The highest BCUT2D eigenvalue weighted by molar-refractivity contribution is 5.88.